The van der Waals surface area contributed by atoms with Gasteiger partial charge in [0, 0.05) is 12.6 Å². The van der Waals surface area contributed by atoms with Gasteiger partial charge in [-0.2, -0.15) is 0 Å². The Morgan fingerprint density at radius 3 is 2.60 bits per heavy atom. The van der Waals surface area contributed by atoms with Gasteiger partial charge in [0.15, 0.2) is 0 Å². The molecule has 0 spiro atoms. The molecule has 0 fully saturated rings. The Bertz CT molecular complexity index is 684. The van der Waals surface area contributed by atoms with E-state index in [0.29, 0.717) is 17.1 Å². The van der Waals surface area contributed by atoms with E-state index >= 15 is 0 Å². The number of methoxy groups -OCH3 is 1. The van der Waals surface area contributed by atoms with Crippen molar-refractivity contribution in [1.29, 1.82) is 0 Å². The molecule has 0 atom stereocenters. The first-order valence-corrected chi connectivity index (χ1v) is 7.36. The summed E-state index contributed by atoms with van der Waals surface area (Å²) in [5, 5.41) is 0. The van der Waals surface area contributed by atoms with Crippen LogP contribution in [0.15, 0.2) is 47.5 Å². The zero-order chi connectivity index (χ0) is 14.6. The molecule has 1 heterocycles. The average molecular weight is 293 g/mol. The summed E-state index contributed by atoms with van der Waals surface area (Å²) in [6, 6.07) is 9.75. The second kappa shape index (κ2) is 5.89. The van der Waals surface area contributed by atoms with Gasteiger partial charge >= 0.3 is 0 Å². The second-order valence-corrected chi connectivity index (χ2v) is 5.66. The summed E-state index contributed by atoms with van der Waals surface area (Å²) in [4.78, 5) is 4.11. The summed E-state index contributed by atoms with van der Waals surface area (Å²) in [5.74, 6) is 0.412. The summed E-state index contributed by atoms with van der Waals surface area (Å²) in [6.45, 7) is 0.151. The zero-order valence-electron chi connectivity index (χ0n) is 10.9. The van der Waals surface area contributed by atoms with Crippen molar-refractivity contribution in [3.63, 3.8) is 0 Å². The van der Waals surface area contributed by atoms with Crippen LogP contribution in [0.25, 0.3) is 0 Å². The fourth-order valence-electron chi connectivity index (χ4n) is 1.71. The van der Waals surface area contributed by atoms with Gasteiger partial charge in [-0.05, 0) is 17.7 Å². The number of nitrogens with one attached hydrogen (secondary N) is 1. The molecule has 7 heteroatoms. The van der Waals surface area contributed by atoms with Crippen LogP contribution in [0.3, 0.4) is 0 Å². The summed E-state index contributed by atoms with van der Waals surface area (Å²) < 4.78 is 32.0. The molecule has 0 unspecified atom stereocenters. The third kappa shape index (κ3) is 3.06. The van der Waals surface area contributed by atoms with Crippen molar-refractivity contribution in [2.75, 3.05) is 11.8 Å². The van der Waals surface area contributed by atoms with Gasteiger partial charge in [-0.1, -0.05) is 18.2 Å². The number of sulfonamides is 1. The molecule has 6 nitrogen and oxygen atoms in total. The van der Waals surface area contributed by atoms with Gasteiger partial charge < -0.3 is 10.5 Å². The Hall–Kier alpha value is -2.12. The highest BCUT2D eigenvalue weighted by atomic mass is 32.2. The first-order chi connectivity index (χ1) is 9.56. The number of pyridine rings is 1. The fourth-order valence-corrected chi connectivity index (χ4v) is 3.00. The smallest absolute Gasteiger partial charge is 0.262 e. The predicted molar refractivity (Wildman–Crippen MR) is 75.9 cm³/mol. The lowest BCUT2D eigenvalue weighted by Crippen LogP contribution is -2.16. The normalized spacial score (nSPS) is 11.1. The molecule has 0 bridgehead atoms. The number of nitrogens with two attached hydrogens (primary N) is 1. The maximum Gasteiger partial charge on any atom is 0.262 e. The molecule has 0 saturated heterocycles. The van der Waals surface area contributed by atoms with E-state index in [0.717, 1.165) is 0 Å². The Morgan fingerprint density at radius 1 is 1.25 bits per heavy atom. The molecule has 3 N–H and O–H groups in total. The highest BCUT2D eigenvalue weighted by Gasteiger charge is 2.17. The van der Waals surface area contributed by atoms with Crippen LogP contribution >= 0.6 is 0 Å². The lowest BCUT2D eigenvalue weighted by molar-refractivity contribution is 0.398. The Kier molecular flexibility index (Phi) is 4.21. The quantitative estimate of drug-likeness (QED) is 0.867. The minimum Gasteiger partial charge on any atom is -0.481 e. The molecule has 106 valence electrons. The molecule has 1 aromatic carbocycles. The largest absolute Gasteiger partial charge is 0.481 e. The van der Waals surface area contributed by atoms with Crippen molar-refractivity contribution in [1.82, 2.24) is 4.98 Å². The molecule has 0 amide bonds. The third-order valence-electron chi connectivity index (χ3n) is 2.68. The van der Waals surface area contributed by atoms with Gasteiger partial charge in [-0.3, -0.25) is 4.72 Å². The van der Waals surface area contributed by atoms with E-state index in [9.17, 15) is 8.42 Å². The van der Waals surface area contributed by atoms with Crippen LogP contribution in [0, 0.1) is 0 Å². The van der Waals surface area contributed by atoms with Gasteiger partial charge in [-0.15, -0.1) is 0 Å². The van der Waals surface area contributed by atoms with Crippen molar-refractivity contribution in [2.45, 2.75) is 11.4 Å². The molecule has 0 saturated carbocycles. The first-order valence-electron chi connectivity index (χ1n) is 5.87. The average Bonchev–Trinajstić information content (AvgIpc) is 2.47. The molecule has 0 radical (unpaired) electrons. The minimum absolute atomic E-state index is 0.151. The van der Waals surface area contributed by atoms with Gasteiger partial charge in [-0.25, -0.2) is 13.4 Å². The van der Waals surface area contributed by atoms with E-state index in [1.54, 1.807) is 30.3 Å². The fraction of sp³-hybridized carbons (Fsp3) is 0.154. The Balaban J connectivity index is 2.30. The molecule has 0 aliphatic heterocycles. The van der Waals surface area contributed by atoms with E-state index in [4.69, 9.17) is 10.5 Å². The van der Waals surface area contributed by atoms with Crippen LogP contribution in [-0.2, 0) is 16.6 Å². The van der Waals surface area contributed by atoms with Crippen molar-refractivity contribution >= 4 is 15.7 Å². The molecule has 2 rings (SSSR count). The van der Waals surface area contributed by atoms with Gasteiger partial charge in [0.05, 0.1) is 23.9 Å². The first kappa shape index (κ1) is 14.3. The van der Waals surface area contributed by atoms with E-state index < -0.39 is 10.0 Å². The predicted octanol–water partition coefficient (Wildman–Crippen LogP) is 1.35. The van der Waals surface area contributed by atoms with Gasteiger partial charge in [0.25, 0.3) is 10.0 Å². The lowest BCUT2D eigenvalue weighted by Gasteiger charge is -2.11. The summed E-state index contributed by atoms with van der Waals surface area (Å²) >= 11 is 0. The lowest BCUT2D eigenvalue weighted by atomic mass is 10.2. The molecule has 20 heavy (non-hydrogen) atoms. The molecule has 0 aliphatic rings. The standard InChI is InChI=1S/C13H15N3O3S/c1-19-13-7-6-11(9-15-13)16-20(17,18)12-5-3-2-4-10(12)8-14/h2-7,9,16H,8,14H2,1H3. The van der Waals surface area contributed by atoms with Gasteiger partial charge in [0.1, 0.15) is 0 Å². The number of anilines is 1. The highest BCUT2D eigenvalue weighted by Crippen LogP contribution is 2.19. The van der Waals surface area contributed by atoms with E-state index in [1.165, 1.54) is 19.4 Å². The number of ether oxygens (including phenoxy) is 1. The maximum atomic E-state index is 12.3. The van der Waals surface area contributed by atoms with Crippen molar-refractivity contribution in [3.05, 3.63) is 48.2 Å². The van der Waals surface area contributed by atoms with Gasteiger partial charge in [0.2, 0.25) is 5.88 Å². The number of hydrogen-bond donors (Lipinski definition) is 2. The van der Waals surface area contributed by atoms with Crippen LogP contribution in [-0.4, -0.2) is 20.5 Å². The SMILES string of the molecule is COc1ccc(NS(=O)(=O)c2ccccc2CN)cn1. The highest BCUT2D eigenvalue weighted by molar-refractivity contribution is 7.92. The molecule has 0 aliphatic carbocycles. The number of benzene rings is 1. The monoisotopic (exact) mass is 293 g/mol. The zero-order valence-corrected chi connectivity index (χ0v) is 11.7. The van der Waals surface area contributed by atoms with Crippen LogP contribution in [0.5, 0.6) is 5.88 Å². The molecular formula is C13H15N3O3S. The van der Waals surface area contributed by atoms with E-state index in [-0.39, 0.29) is 11.4 Å². The third-order valence-corrected chi connectivity index (χ3v) is 4.16. The van der Waals surface area contributed by atoms with Crippen molar-refractivity contribution in [2.24, 2.45) is 5.73 Å². The van der Waals surface area contributed by atoms with Crippen LogP contribution in [0.4, 0.5) is 5.69 Å². The Morgan fingerprint density at radius 2 is 2.00 bits per heavy atom. The maximum absolute atomic E-state index is 12.3. The number of aromatic nitrogens is 1. The summed E-state index contributed by atoms with van der Waals surface area (Å²) in [5.41, 5.74) is 6.47. The van der Waals surface area contributed by atoms with Crippen molar-refractivity contribution in [3.8, 4) is 5.88 Å². The number of nitrogens with zero attached hydrogens (tertiary/aromatic N) is 1. The molecule has 2 aromatic rings. The number of hydrogen-bond acceptors (Lipinski definition) is 5. The topological polar surface area (TPSA) is 94.3 Å². The van der Waals surface area contributed by atoms with E-state index in [1.807, 2.05) is 0 Å². The summed E-state index contributed by atoms with van der Waals surface area (Å²) in [6.07, 6.45) is 1.39. The minimum atomic E-state index is -3.69. The van der Waals surface area contributed by atoms with Crippen molar-refractivity contribution < 1.29 is 13.2 Å². The molecular weight excluding hydrogens is 278 g/mol. The van der Waals surface area contributed by atoms with Crippen LogP contribution in [0.2, 0.25) is 0 Å². The molecule has 1 aromatic heterocycles. The Labute approximate surface area is 117 Å². The summed E-state index contributed by atoms with van der Waals surface area (Å²) in [7, 11) is -2.20. The number of rotatable bonds is 5. The van der Waals surface area contributed by atoms with Crippen LogP contribution in [0.1, 0.15) is 5.56 Å². The van der Waals surface area contributed by atoms with Crippen LogP contribution < -0.4 is 15.2 Å². The second-order valence-electron chi connectivity index (χ2n) is 4.01. The van der Waals surface area contributed by atoms with E-state index in [2.05, 4.69) is 9.71 Å².